The van der Waals surface area contributed by atoms with E-state index in [0.29, 0.717) is 13.1 Å². The molecule has 0 aromatic rings. The van der Waals surface area contributed by atoms with E-state index in [4.69, 9.17) is 11.3 Å². The summed E-state index contributed by atoms with van der Waals surface area (Å²) in [5.74, 6) is 0. The molecular weight excluding hydrogens is 78.1 g/mol. The SMILES string of the molecule is N=NCCCN. The molecule has 0 amide bonds. The van der Waals surface area contributed by atoms with Gasteiger partial charge in [-0.25, -0.2) is 5.53 Å². The third kappa shape index (κ3) is 3.56. The molecule has 3 nitrogen and oxygen atoms in total. The van der Waals surface area contributed by atoms with Crippen molar-refractivity contribution in [3.63, 3.8) is 0 Å². The molecule has 3 N–H and O–H groups in total. The first kappa shape index (κ1) is 5.56. The highest BCUT2D eigenvalue weighted by atomic mass is 14.9. The second kappa shape index (κ2) is 4.56. The average Bonchev–Trinajstić information content (AvgIpc) is 1.61. The molecule has 0 saturated heterocycles. The molecule has 36 valence electrons. The van der Waals surface area contributed by atoms with Crippen LogP contribution in [0.2, 0.25) is 0 Å². The Morgan fingerprint density at radius 3 is 2.50 bits per heavy atom. The number of nitrogens with zero attached hydrogens (tertiary/aromatic N) is 1. The number of hydrogen-bond donors (Lipinski definition) is 2. The van der Waals surface area contributed by atoms with Gasteiger partial charge >= 0.3 is 0 Å². The van der Waals surface area contributed by atoms with Crippen LogP contribution in [-0.4, -0.2) is 13.1 Å². The van der Waals surface area contributed by atoms with Crippen molar-refractivity contribution in [3.8, 4) is 0 Å². The van der Waals surface area contributed by atoms with Crippen LogP contribution in [0.25, 0.3) is 0 Å². The normalized spacial score (nSPS) is 8.17. The van der Waals surface area contributed by atoms with E-state index in [-0.39, 0.29) is 0 Å². The van der Waals surface area contributed by atoms with E-state index in [2.05, 4.69) is 5.11 Å². The van der Waals surface area contributed by atoms with E-state index in [1.807, 2.05) is 0 Å². The summed E-state index contributed by atoms with van der Waals surface area (Å²) in [7, 11) is 0. The molecule has 0 radical (unpaired) electrons. The lowest BCUT2D eigenvalue weighted by Crippen LogP contribution is -1.98. The van der Waals surface area contributed by atoms with Gasteiger partial charge < -0.3 is 5.73 Å². The number of hydrogen-bond acceptors (Lipinski definition) is 3. The quantitative estimate of drug-likeness (QED) is 0.379. The minimum atomic E-state index is 0.580. The molecule has 0 spiro atoms. The molecule has 0 rings (SSSR count). The first-order valence-corrected chi connectivity index (χ1v) is 1.95. The van der Waals surface area contributed by atoms with Crippen LogP contribution in [0.1, 0.15) is 6.42 Å². The summed E-state index contributed by atoms with van der Waals surface area (Å²) in [6.45, 7) is 1.22. The minimum absolute atomic E-state index is 0.580. The lowest BCUT2D eigenvalue weighted by Gasteiger charge is -1.81. The zero-order chi connectivity index (χ0) is 4.83. The van der Waals surface area contributed by atoms with Gasteiger partial charge in [0.15, 0.2) is 0 Å². The smallest absolute Gasteiger partial charge is 0.0608 e. The van der Waals surface area contributed by atoms with Crippen LogP contribution in [0.3, 0.4) is 0 Å². The summed E-state index contributed by atoms with van der Waals surface area (Å²) in [4.78, 5) is 0. The summed E-state index contributed by atoms with van der Waals surface area (Å²) < 4.78 is 0. The maximum absolute atomic E-state index is 6.28. The highest BCUT2D eigenvalue weighted by Gasteiger charge is 1.73. The fourth-order valence-electron chi connectivity index (χ4n) is 0.170. The predicted octanol–water partition coefficient (Wildman–Crippen LogP) is 0.366. The highest BCUT2D eigenvalue weighted by Crippen LogP contribution is 1.71. The van der Waals surface area contributed by atoms with Crippen LogP contribution < -0.4 is 5.73 Å². The maximum atomic E-state index is 6.28. The molecule has 0 aliphatic carbocycles. The molecule has 0 heterocycles. The van der Waals surface area contributed by atoms with E-state index in [1.165, 1.54) is 0 Å². The van der Waals surface area contributed by atoms with E-state index in [1.54, 1.807) is 0 Å². The van der Waals surface area contributed by atoms with Crippen LogP contribution >= 0.6 is 0 Å². The predicted molar refractivity (Wildman–Crippen MR) is 23.7 cm³/mol. The van der Waals surface area contributed by atoms with Gasteiger partial charge in [0.25, 0.3) is 0 Å². The Balaban J connectivity index is 2.49. The fraction of sp³-hybridized carbons (Fsp3) is 1.00. The van der Waals surface area contributed by atoms with Crippen molar-refractivity contribution in [1.29, 1.82) is 5.53 Å². The van der Waals surface area contributed by atoms with Gasteiger partial charge in [0, 0.05) is 0 Å². The Morgan fingerprint density at radius 2 is 2.33 bits per heavy atom. The van der Waals surface area contributed by atoms with Crippen molar-refractivity contribution in [2.24, 2.45) is 10.8 Å². The second-order valence-corrected chi connectivity index (χ2v) is 1.02. The second-order valence-electron chi connectivity index (χ2n) is 1.02. The molecule has 0 aromatic heterocycles. The molecule has 0 unspecified atom stereocenters. The van der Waals surface area contributed by atoms with Gasteiger partial charge in [0.05, 0.1) is 6.54 Å². The number of nitrogens with one attached hydrogen (secondary N) is 1. The molecule has 0 saturated carbocycles. The van der Waals surface area contributed by atoms with Crippen LogP contribution in [0.5, 0.6) is 0 Å². The summed E-state index contributed by atoms with van der Waals surface area (Å²) in [6.07, 6.45) is 0.837. The first-order valence-electron chi connectivity index (χ1n) is 1.95. The summed E-state index contributed by atoms with van der Waals surface area (Å²) in [6, 6.07) is 0. The van der Waals surface area contributed by atoms with Crippen LogP contribution in [0.15, 0.2) is 5.11 Å². The van der Waals surface area contributed by atoms with Crippen molar-refractivity contribution < 1.29 is 0 Å². The Bertz CT molecular complexity index is 35.0. The maximum Gasteiger partial charge on any atom is 0.0608 e. The molecule has 3 heteroatoms. The van der Waals surface area contributed by atoms with Crippen LogP contribution in [0.4, 0.5) is 0 Å². The number of rotatable bonds is 3. The lowest BCUT2D eigenvalue weighted by molar-refractivity contribution is 0.791. The minimum Gasteiger partial charge on any atom is -0.330 e. The highest BCUT2D eigenvalue weighted by molar-refractivity contribution is 4.36. The average molecular weight is 87.1 g/mol. The van der Waals surface area contributed by atoms with Crippen molar-refractivity contribution >= 4 is 0 Å². The van der Waals surface area contributed by atoms with Gasteiger partial charge in [-0.3, -0.25) is 0 Å². The van der Waals surface area contributed by atoms with Gasteiger partial charge in [0.1, 0.15) is 0 Å². The monoisotopic (exact) mass is 87.1 g/mol. The van der Waals surface area contributed by atoms with Gasteiger partial charge in [-0.1, -0.05) is 0 Å². The Kier molecular flexibility index (Phi) is 4.23. The van der Waals surface area contributed by atoms with E-state index < -0.39 is 0 Å². The summed E-state index contributed by atoms with van der Waals surface area (Å²) in [5, 5.41) is 3.10. The molecule has 0 aliphatic heterocycles. The van der Waals surface area contributed by atoms with Gasteiger partial charge in [0.2, 0.25) is 0 Å². The Labute approximate surface area is 37.0 Å². The van der Waals surface area contributed by atoms with E-state index in [0.717, 1.165) is 6.42 Å². The fourth-order valence-corrected chi connectivity index (χ4v) is 0.170. The topological polar surface area (TPSA) is 62.2 Å². The van der Waals surface area contributed by atoms with Crippen molar-refractivity contribution in [2.45, 2.75) is 6.42 Å². The number of nitrogens with two attached hydrogens (primary N) is 1. The first-order chi connectivity index (χ1) is 2.91. The van der Waals surface area contributed by atoms with Crippen LogP contribution in [0, 0.1) is 5.53 Å². The largest absolute Gasteiger partial charge is 0.330 e. The summed E-state index contributed by atoms with van der Waals surface area (Å²) >= 11 is 0. The molecule has 0 aromatic carbocycles. The van der Waals surface area contributed by atoms with Crippen LogP contribution in [-0.2, 0) is 0 Å². The molecular formula is C3H9N3. The Morgan fingerprint density at radius 1 is 1.67 bits per heavy atom. The zero-order valence-electron chi connectivity index (χ0n) is 3.65. The molecule has 0 aliphatic rings. The standard InChI is InChI=1S/C3H9N3/c4-2-1-3-6-5/h5H,1-4H2. The third-order valence-electron chi connectivity index (χ3n) is 0.474. The van der Waals surface area contributed by atoms with E-state index in [9.17, 15) is 0 Å². The van der Waals surface area contributed by atoms with E-state index >= 15 is 0 Å². The Hall–Kier alpha value is -0.440. The molecule has 0 atom stereocenters. The zero-order valence-corrected chi connectivity index (χ0v) is 3.65. The van der Waals surface area contributed by atoms with Gasteiger partial charge in [-0.2, -0.15) is 5.11 Å². The van der Waals surface area contributed by atoms with Gasteiger partial charge in [-0.05, 0) is 13.0 Å². The third-order valence-corrected chi connectivity index (χ3v) is 0.474. The van der Waals surface area contributed by atoms with Crippen molar-refractivity contribution in [3.05, 3.63) is 0 Å². The van der Waals surface area contributed by atoms with Gasteiger partial charge in [-0.15, -0.1) is 0 Å². The van der Waals surface area contributed by atoms with Crippen molar-refractivity contribution in [2.75, 3.05) is 13.1 Å². The van der Waals surface area contributed by atoms with Crippen molar-refractivity contribution in [1.82, 2.24) is 0 Å². The summed E-state index contributed by atoms with van der Waals surface area (Å²) in [5.41, 5.74) is 11.3. The molecule has 0 fully saturated rings. The molecule has 6 heavy (non-hydrogen) atoms. The molecule has 0 bridgehead atoms. The lowest BCUT2D eigenvalue weighted by atomic mass is 10.4.